The normalized spacial score (nSPS) is 19.6. The van der Waals surface area contributed by atoms with Crippen LogP contribution in [-0.4, -0.2) is 61.2 Å². The van der Waals surface area contributed by atoms with Crippen molar-refractivity contribution in [3.05, 3.63) is 0 Å². The van der Waals surface area contributed by atoms with E-state index in [0.29, 0.717) is 5.92 Å². The molecule has 4 nitrogen and oxygen atoms in total. The molecule has 1 rings (SSSR count). The molecule has 1 aliphatic rings. The van der Waals surface area contributed by atoms with E-state index in [-0.39, 0.29) is 12.5 Å². The molecule has 1 amide bonds. The first-order valence-electron chi connectivity index (χ1n) is 5.17. The lowest BCUT2D eigenvalue weighted by atomic mass is 9.97. The highest BCUT2D eigenvalue weighted by Gasteiger charge is 2.19. The highest BCUT2D eigenvalue weighted by Crippen LogP contribution is 2.16. The molecule has 1 N–H and O–H groups in total. The molecule has 0 saturated carbocycles. The molecule has 0 spiro atoms. The van der Waals surface area contributed by atoms with Crippen molar-refractivity contribution in [2.24, 2.45) is 5.92 Å². The molecule has 14 heavy (non-hydrogen) atoms. The van der Waals surface area contributed by atoms with Crippen LogP contribution in [0.25, 0.3) is 0 Å². The van der Waals surface area contributed by atoms with Crippen LogP contribution >= 0.6 is 0 Å². The van der Waals surface area contributed by atoms with E-state index in [1.54, 1.807) is 11.9 Å². The van der Waals surface area contributed by atoms with E-state index >= 15 is 0 Å². The second-order valence-electron chi connectivity index (χ2n) is 4.18. The molecule has 1 saturated heterocycles. The lowest BCUT2D eigenvalue weighted by molar-refractivity contribution is -0.133. The predicted molar refractivity (Wildman–Crippen MR) is 54.9 cm³/mol. The number of amides is 1. The van der Waals surface area contributed by atoms with Crippen LogP contribution < -0.4 is 0 Å². The first-order valence-corrected chi connectivity index (χ1v) is 5.17. The van der Waals surface area contributed by atoms with Crippen LogP contribution in [-0.2, 0) is 4.79 Å². The predicted octanol–water partition coefficient (Wildman–Crippen LogP) is -0.221. The summed E-state index contributed by atoms with van der Waals surface area (Å²) in [7, 11) is 3.88. The number of hydrogen-bond donors (Lipinski definition) is 1. The number of hydrogen-bond acceptors (Lipinski definition) is 3. The fraction of sp³-hybridized carbons (Fsp3) is 0.900. The van der Waals surface area contributed by atoms with Gasteiger partial charge in [-0.2, -0.15) is 0 Å². The monoisotopic (exact) mass is 200 g/mol. The minimum absolute atomic E-state index is 0.177. The van der Waals surface area contributed by atoms with E-state index in [9.17, 15) is 4.79 Å². The van der Waals surface area contributed by atoms with Gasteiger partial charge >= 0.3 is 0 Å². The fourth-order valence-corrected chi connectivity index (χ4v) is 1.85. The zero-order valence-electron chi connectivity index (χ0n) is 9.07. The van der Waals surface area contributed by atoms with Crippen molar-refractivity contribution in [3.63, 3.8) is 0 Å². The first-order chi connectivity index (χ1) is 6.63. The molecular formula is C10H20N2O2. The van der Waals surface area contributed by atoms with Crippen LogP contribution in [0, 0.1) is 5.92 Å². The van der Waals surface area contributed by atoms with Gasteiger partial charge in [0.25, 0.3) is 0 Å². The number of piperidine rings is 1. The molecule has 82 valence electrons. The Kier molecular flexibility index (Phi) is 4.35. The Morgan fingerprint density at radius 1 is 1.50 bits per heavy atom. The molecule has 0 radical (unpaired) electrons. The van der Waals surface area contributed by atoms with Gasteiger partial charge in [0.05, 0.1) is 0 Å². The number of likely N-dealkylation sites (tertiary alicyclic amines) is 1. The van der Waals surface area contributed by atoms with Crippen molar-refractivity contribution in [3.8, 4) is 0 Å². The largest absolute Gasteiger partial charge is 0.387 e. The van der Waals surface area contributed by atoms with E-state index in [1.165, 1.54) is 0 Å². The number of aliphatic hydroxyl groups is 1. The minimum atomic E-state index is -0.372. The maximum absolute atomic E-state index is 11.1. The van der Waals surface area contributed by atoms with Crippen molar-refractivity contribution < 1.29 is 9.90 Å². The van der Waals surface area contributed by atoms with Crippen LogP contribution in [0.5, 0.6) is 0 Å². The number of rotatable bonds is 3. The maximum atomic E-state index is 11.1. The summed E-state index contributed by atoms with van der Waals surface area (Å²) in [6, 6.07) is 0. The van der Waals surface area contributed by atoms with Gasteiger partial charge < -0.3 is 14.9 Å². The second-order valence-corrected chi connectivity index (χ2v) is 4.18. The summed E-state index contributed by atoms with van der Waals surface area (Å²) in [5.41, 5.74) is 0. The standard InChI is InChI=1S/C10H20N2O2/c1-11-5-3-9(4-6-11)7-12(2)10(14)8-13/h9,13H,3-8H2,1-2H3. The minimum Gasteiger partial charge on any atom is -0.387 e. The Bertz CT molecular complexity index is 189. The van der Waals surface area contributed by atoms with E-state index < -0.39 is 0 Å². The molecule has 4 heteroatoms. The molecule has 1 aliphatic heterocycles. The molecule has 1 fully saturated rings. The molecule has 1 heterocycles. The summed E-state index contributed by atoms with van der Waals surface area (Å²) in [5.74, 6) is 0.427. The third-order valence-corrected chi connectivity index (χ3v) is 2.93. The van der Waals surface area contributed by atoms with Crippen molar-refractivity contribution in [1.29, 1.82) is 0 Å². The Morgan fingerprint density at radius 3 is 2.57 bits per heavy atom. The number of likely N-dealkylation sites (N-methyl/N-ethyl adjacent to an activating group) is 1. The van der Waals surface area contributed by atoms with Crippen LogP contribution in [0.1, 0.15) is 12.8 Å². The number of carbonyl (C=O) groups is 1. The molecule has 0 aromatic carbocycles. The highest BCUT2D eigenvalue weighted by molar-refractivity contribution is 5.76. The fourth-order valence-electron chi connectivity index (χ4n) is 1.85. The molecule has 0 aliphatic carbocycles. The average Bonchev–Trinajstić information content (AvgIpc) is 2.20. The van der Waals surface area contributed by atoms with Crippen molar-refractivity contribution in [2.75, 3.05) is 40.3 Å². The quantitative estimate of drug-likeness (QED) is 0.685. The van der Waals surface area contributed by atoms with Gasteiger partial charge in [0.15, 0.2) is 0 Å². The van der Waals surface area contributed by atoms with Gasteiger partial charge in [-0.15, -0.1) is 0 Å². The van der Waals surface area contributed by atoms with Crippen LogP contribution in [0.15, 0.2) is 0 Å². The van der Waals surface area contributed by atoms with Crippen molar-refractivity contribution in [2.45, 2.75) is 12.8 Å². The van der Waals surface area contributed by atoms with Crippen LogP contribution in [0.4, 0.5) is 0 Å². The zero-order valence-corrected chi connectivity index (χ0v) is 9.07. The zero-order chi connectivity index (χ0) is 10.6. The van der Waals surface area contributed by atoms with Gasteiger partial charge in [0, 0.05) is 13.6 Å². The van der Waals surface area contributed by atoms with Gasteiger partial charge in [0.1, 0.15) is 6.61 Å². The number of carbonyl (C=O) groups excluding carboxylic acids is 1. The van der Waals surface area contributed by atoms with Crippen molar-refractivity contribution >= 4 is 5.91 Å². The highest BCUT2D eigenvalue weighted by atomic mass is 16.3. The van der Waals surface area contributed by atoms with Crippen molar-refractivity contribution in [1.82, 2.24) is 9.80 Å². The van der Waals surface area contributed by atoms with E-state index in [0.717, 1.165) is 32.5 Å². The molecular weight excluding hydrogens is 180 g/mol. The third-order valence-electron chi connectivity index (χ3n) is 2.93. The molecule has 0 aromatic heterocycles. The second kappa shape index (κ2) is 5.32. The summed E-state index contributed by atoms with van der Waals surface area (Å²) in [5, 5.41) is 8.68. The van der Waals surface area contributed by atoms with Gasteiger partial charge in [-0.1, -0.05) is 0 Å². The van der Waals surface area contributed by atoms with Gasteiger partial charge in [-0.05, 0) is 38.9 Å². The Morgan fingerprint density at radius 2 is 2.07 bits per heavy atom. The van der Waals surface area contributed by atoms with Gasteiger partial charge in [-0.3, -0.25) is 4.79 Å². The summed E-state index contributed by atoms with van der Waals surface area (Å²) in [4.78, 5) is 15.1. The van der Waals surface area contributed by atoms with E-state index in [2.05, 4.69) is 11.9 Å². The first kappa shape index (κ1) is 11.5. The van der Waals surface area contributed by atoms with Crippen LogP contribution in [0.3, 0.4) is 0 Å². The summed E-state index contributed by atoms with van der Waals surface area (Å²) >= 11 is 0. The Hall–Kier alpha value is -0.610. The third kappa shape index (κ3) is 3.27. The Labute approximate surface area is 85.5 Å². The average molecular weight is 200 g/mol. The molecule has 0 atom stereocenters. The molecule has 0 bridgehead atoms. The molecule has 0 aromatic rings. The smallest absolute Gasteiger partial charge is 0.248 e. The van der Waals surface area contributed by atoms with Gasteiger partial charge in [0.2, 0.25) is 5.91 Å². The number of aliphatic hydroxyl groups excluding tert-OH is 1. The van der Waals surface area contributed by atoms with E-state index in [1.807, 2.05) is 0 Å². The summed E-state index contributed by atoms with van der Waals surface area (Å²) in [6.45, 7) is 2.65. The Balaban J connectivity index is 2.27. The summed E-state index contributed by atoms with van der Waals surface area (Å²) < 4.78 is 0. The van der Waals surface area contributed by atoms with Crippen LogP contribution in [0.2, 0.25) is 0 Å². The topological polar surface area (TPSA) is 43.8 Å². The number of nitrogens with zero attached hydrogens (tertiary/aromatic N) is 2. The van der Waals surface area contributed by atoms with Gasteiger partial charge in [-0.25, -0.2) is 0 Å². The molecule has 0 unspecified atom stereocenters. The van der Waals surface area contributed by atoms with E-state index in [4.69, 9.17) is 5.11 Å². The summed E-state index contributed by atoms with van der Waals surface area (Å²) in [6.07, 6.45) is 2.30. The lowest BCUT2D eigenvalue weighted by Gasteiger charge is -2.31. The SMILES string of the molecule is CN1CCC(CN(C)C(=O)CO)CC1. The lowest BCUT2D eigenvalue weighted by Crippen LogP contribution is -2.38. The maximum Gasteiger partial charge on any atom is 0.248 e.